The third-order valence-corrected chi connectivity index (χ3v) is 5.32. The second kappa shape index (κ2) is 9.75. The SMILES string of the molecule is COC(=O)c1cc(NC(=S)NCc2ccc(N3CCCCC3)cc2)ccc1Cl. The summed E-state index contributed by atoms with van der Waals surface area (Å²) in [6.07, 6.45) is 3.87. The molecule has 1 fully saturated rings. The average molecular weight is 418 g/mol. The molecule has 2 N–H and O–H groups in total. The Hall–Kier alpha value is -2.31. The highest BCUT2D eigenvalue weighted by Crippen LogP contribution is 2.22. The van der Waals surface area contributed by atoms with Crippen LogP contribution in [-0.2, 0) is 11.3 Å². The fourth-order valence-electron chi connectivity index (χ4n) is 3.20. The van der Waals surface area contributed by atoms with Gasteiger partial charge in [-0.25, -0.2) is 4.79 Å². The number of benzene rings is 2. The summed E-state index contributed by atoms with van der Waals surface area (Å²) >= 11 is 11.4. The number of carbonyl (C=O) groups excluding carboxylic acids is 1. The van der Waals surface area contributed by atoms with E-state index < -0.39 is 5.97 Å². The van der Waals surface area contributed by atoms with Gasteiger partial charge in [0.2, 0.25) is 0 Å². The quantitative estimate of drug-likeness (QED) is 0.547. The first-order chi connectivity index (χ1) is 13.6. The molecule has 0 bridgehead atoms. The number of thiocarbonyl (C=S) groups is 1. The Bertz CT molecular complexity index is 836. The molecule has 0 saturated carbocycles. The number of anilines is 2. The van der Waals surface area contributed by atoms with Gasteiger partial charge in [-0.15, -0.1) is 0 Å². The lowest BCUT2D eigenvalue weighted by Crippen LogP contribution is -2.29. The summed E-state index contributed by atoms with van der Waals surface area (Å²) in [7, 11) is 1.32. The lowest BCUT2D eigenvalue weighted by atomic mass is 10.1. The molecular weight excluding hydrogens is 394 g/mol. The first-order valence-corrected chi connectivity index (χ1v) is 10.1. The van der Waals surface area contributed by atoms with Crippen molar-refractivity contribution in [2.24, 2.45) is 0 Å². The minimum atomic E-state index is -0.485. The van der Waals surface area contributed by atoms with Gasteiger partial charge in [0.05, 0.1) is 17.7 Å². The van der Waals surface area contributed by atoms with Crippen LogP contribution in [0, 0.1) is 0 Å². The Morgan fingerprint density at radius 1 is 1.14 bits per heavy atom. The fourth-order valence-corrected chi connectivity index (χ4v) is 3.59. The molecule has 0 atom stereocenters. The molecule has 1 heterocycles. The summed E-state index contributed by atoms with van der Waals surface area (Å²) in [5.41, 5.74) is 3.39. The smallest absolute Gasteiger partial charge is 0.339 e. The molecule has 2 aromatic carbocycles. The summed E-state index contributed by atoms with van der Waals surface area (Å²) < 4.78 is 4.73. The van der Waals surface area contributed by atoms with E-state index in [1.807, 2.05) is 0 Å². The first-order valence-electron chi connectivity index (χ1n) is 9.33. The molecule has 5 nitrogen and oxygen atoms in total. The number of nitrogens with zero attached hydrogens (tertiary/aromatic N) is 1. The number of hydrogen-bond acceptors (Lipinski definition) is 4. The predicted molar refractivity (Wildman–Crippen MR) is 118 cm³/mol. The van der Waals surface area contributed by atoms with Crippen LogP contribution in [0.2, 0.25) is 5.02 Å². The van der Waals surface area contributed by atoms with E-state index in [-0.39, 0.29) is 0 Å². The van der Waals surface area contributed by atoms with Gasteiger partial charge in [0.25, 0.3) is 0 Å². The van der Waals surface area contributed by atoms with Crippen LogP contribution in [0.15, 0.2) is 42.5 Å². The molecule has 1 aliphatic heterocycles. The van der Waals surface area contributed by atoms with Gasteiger partial charge in [-0.3, -0.25) is 0 Å². The Morgan fingerprint density at radius 3 is 2.54 bits per heavy atom. The molecule has 7 heteroatoms. The highest BCUT2D eigenvalue weighted by Gasteiger charge is 2.12. The monoisotopic (exact) mass is 417 g/mol. The molecule has 0 amide bonds. The zero-order valence-corrected chi connectivity index (χ0v) is 17.4. The second-order valence-corrected chi connectivity index (χ2v) is 7.52. The number of methoxy groups -OCH3 is 1. The van der Waals surface area contributed by atoms with Crippen molar-refractivity contribution < 1.29 is 9.53 Å². The highest BCUT2D eigenvalue weighted by molar-refractivity contribution is 7.80. The van der Waals surface area contributed by atoms with E-state index in [1.54, 1.807) is 18.2 Å². The van der Waals surface area contributed by atoms with Crippen molar-refractivity contribution in [1.82, 2.24) is 5.32 Å². The molecule has 1 aliphatic rings. The third-order valence-electron chi connectivity index (χ3n) is 4.74. The maximum Gasteiger partial charge on any atom is 0.339 e. The van der Waals surface area contributed by atoms with Crippen LogP contribution in [0.25, 0.3) is 0 Å². The topological polar surface area (TPSA) is 53.6 Å². The maximum absolute atomic E-state index is 11.7. The van der Waals surface area contributed by atoms with Gasteiger partial charge in [0.1, 0.15) is 0 Å². The molecule has 3 rings (SSSR count). The number of piperidine rings is 1. The molecule has 28 heavy (non-hydrogen) atoms. The van der Waals surface area contributed by atoms with Crippen molar-refractivity contribution >= 4 is 46.3 Å². The van der Waals surface area contributed by atoms with Crippen LogP contribution >= 0.6 is 23.8 Å². The molecule has 0 aliphatic carbocycles. The number of rotatable bonds is 5. The molecule has 0 unspecified atom stereocenters. The van der Waals surface area contributed by atoms with Gasteiger partial charge in [0.15, 0.2) is 5.11 Å². The van der Waals surface area contributed by atoms with E-state index in [0.29, 0.717) is 27.9 Å². The van der Waals surface area contributed by atoms with Crippen molar-refractivity contribution in [3.8, 4) is 0 Å². The van der Waals surface area contributed by atoms with Crippen molar-refractivity contribution in [3.63, 3.8) is 0 Å². The third kappa shape index (κ3) is 5.36. The van der Waals surface area contributed by atoms with Crippen LogP contribution in [0.4, 0.5) is 11.4 Å². The molecule has 148 valence electrons. The Labute approximate surface area is 176 Å². The van der Waals surface area contributed by atoms with E-state index >= 15 is 0 Å². The van der Waals surface area contributed by atoms with Gasteiger partial charge >= 0.3 is 5.97 Å². The van der Waals surface area contributed by atoms with Gasteiger partial charge in [-0.05, 0) is 67.4 Å². The lowest BCUT2D eigenvalue weighted by molar-refractivity contribution is 0.0601. The number of hydrogen-bond donors (Lipinski definition) is 2. The van der Waals surface area contributed by atoms with E-state index in [9.17, 15) is 4.79 Å². The molecule has 0 radical (unpaired) electrons. The Kier molecular flexibility index (Phi) is 7.12. The summed E-state index contributed by atoms with van der Waals surface area (Å²) in [6.45, 7) is 2.89. The zero-order valence-electron chi connectivity index (χ0n) is 15.8. The molecule has 2 aromatic rings. The van der Waals surface area contributed by atoms with E-state index in [2.05, 4.69) is 39.8 Å². The minimum Gasteiger partial charge on any atom is -0.465 e. The van der Waals surface area contributed by atoms with Crippen molar-refractivity contribution in [2.45, 2.75) is 25.8 Å². The largest absolute Gasteiger partial charge is 0.465 e. The Balaban J connectivity index is 1.53. The zero-order chi connectivity index (χ0) is 19.9. The second-order valence-electron chi connectivity index (χ2n) is 6.71. The van der Waals surface area contributed by atoms with Crippen LogP contribution < -0.4 is 15.5 Å². The van der Waals surface area contributed by atoms with Gasteiger partial charge in [-0.1, -0.05) is 23.7 Å². The van der Waals surface area contributed by atoms with Crippen molar-refractivity contribution in [1.29, 1.82) is 0 Å². The number of ether oxygens (including phenoxy) is 1. The standard InChI is InChI=1S/C21H24ClN3O2S/c1-27-20(26)18-13-16(7-10-19(18)22)24-21(28)23-14-15-5-8-17(9-6-15)25-11-3-2-4-12-25/h5-10,13H,2-4,11-12,14H2,1H3,(H2,23,24,28). The predicted octanol–water partition coefficient (Wildman–Crippen LogP) is 4.60. The number of halogens is 1. The van der Waals surface area contributed by atoms with Crippen LogP contribution in [0.3, 0.4) is 0 Å². The number of nitrogens with one attached hydrogen (secondary N) is 2. The van der Waals surface area contributed by atoms with Crippen LogP contribution in [0.5, 0.6) is 0 Å². The van der Waals surface area contributed by atoms with E-state index in [4.69, 9.17) is 28.6 Å². The van der Waals surface area contributed by atoms with E-state index in [1.165, 1.54) is 32.1 Å². The number of esters is 1. The summed E-state index contributed by atoms with van der Waals surface area (Å²) in [5, 5.41) is 7.06. The van der Waals surface area contributed by atoms with Gasteiger partial charge < -0.3 is 20.3 Å². The number of carbonyl (C=O) groups is 1. The van der Waals surface area contributed by atoms with Crippen molar-refractivity contribution in [3.05, 3.63) is 58.6 Å². The molecular formula is C21H24ClN3O2S. The van der Waals surface area contributed by atoms with Gasteiger partial charge in [0, 0.05) is 31.0 Å². The van der Waals surface area contributed by atoms with Crippen LogP contribution in [0.1, 0.15) is 35.2 Å². The summed E-state index contributed by atoms with van der Waals surface area (Å²) in [5.74, 6) is -0.485. The molecule has 0 aromatic heterocycles. The van der Waals surface area contributed by atoms with Crippen molar-refractivity contribution in [2.75, 3.05) is 30.4 Å². The summed E-state index contributed by atoms with van der Waals surface area (Å²) in [6, 6.07) is 13.6. The molecule has 1 saturated heterocycles. The fraction of sp³-hybridized carbons (Fsp3) is 0.333. The molecule has 0 spiro atoms. The highest BCUT2D eigenvalue weighted by atomic mass is 35.5. The first kappa shape index (κ1) is 20.4. The summed E-state index contributed by atoms with van der Waals surface area (Å²) in [4.78, 5) is 14.2. The van der Waals surface area contributed by atoms with Crippen LogP contribution in [-0.4, -0.2) is 31.3 Å². The average Bonchev–Trinajstić information content (AvgIpc) is 2.74. The van der Waals surface area contributed by atoms with Gasteiger partial charge in [-0.2, -0.15) is 0 Å². The Morgan fingerprint density at radius 2 is 1.86 bits per heavy atom. The maximum atomic E-state index is 11.7. The van der Waals surface area contributed by atoms with E-state index in [0.717, 1.165) is 18.7 Å². The minimum absolute atomic E-state index is 0.297. The lowest BCUT2D eigenvalue weighted by Gasteiger charge is -2.28. The normalized spacial score (nSPS) is 13.7.